The van der Waals surface area contributed by atoms with Crippen LogP contribution in [0.15, 0.2) is 64.6 Å². The van der Waals surface area contributed by atoms with Crippen molar-refractivity contribution in [2.45, 2.75) is 12.6 Å². The van der Waals surface area contributed by atoms with Crippen molar-refractivity contribution in [1.82, 2.24) is 0 Å². The summed E-state index contributed by atoms with van der Waals surface area (Å²) in [4.78, 5) is 27.7. The maximum absolute atomic E-state index is 10.4. The lowest BCUT2D eigenvalue weighted by Crippen LogP contribution is -1.94. The van der Waals surface area contributed by atoms with Crippen LogP contribution in [-0.2, 0) is 16.0 Å². The molecule has 2 rings (SSSR count). The fourth-order valence-corrected chi connectivity index (χ4v) is 1.97. The summed E-state index contributed by atoms with van der Waals surface area (Å²) < 4.78 is 0. The van der Waals surface area contributed by atoms with Crippen molar-refractivity contribution in [3.63, 3.8) is 0 Å². The lowest BCUT2D eigenvalue weighted by Gasteiger charge is -2.07. The number of nitrogens with zero attached hydrogens (tertiary/aromatic N) is 2. The number of hydrogen-bond donors (Lipinski definition) is 0. The predicted octanol–water partition coefficient (Wildman–Crippen LogP) is 2.95. The largest absolute Gasteiger partial charge is 0.237 e. The second kappa shape index (κ2) is 6.95. The van der Waals surface area contributed by atoms with Crippen LogP contribution in [0, 0.1) is 0 Å². The van der Waals surface area contributed by atoms with Gasteiger partial charge < -0.3 is 0 Å². The first-order valence-corrected chi connectivity index (χ1v) is 6.10. The zero-order valence-corrected chi connectivity index (χ0v) is 10.7. The van der Waals surface area contributed by atoms with Gasteiger partial charge in [-0.05, 0) is 17.5 Å². The molecule has 0 fully saturated rings. The molecule has 0 aliphatic heterocycles. The molecule has 20 heavy (non-hydrogen) atoms. The summed E-state index contributed by atoms with van der Waals surface area (Å²) in [7, 11) is 0. The molecule has 4 heteroatoms. The number of isocyanates is 2. The van der Waals surface area contributed by atoms with E-state index >= 15 is 0 Å². The molecule has 4 nitrogen and oxygen atoms in total. The van der Waals surface area contributed by atoms with Gasteiger partial charge in [0.05, 0.1) is 0 Å². The Hall–Kier alpha value is -2.80. The van der Waals surface area contributed by atoms with E-state index in [0.717, 1.165) is 12.0 Å². The highest BCUT2D eigenvalue weighted by atomic mass is 16.1. The molecule has 0 aromatic heterocycles. The highest BCUT2D eigenvalue weighted by molar-refractivity contribution is 5.40. The van der Waals surface area contributed by atoms with Crippen LogP contribution in [0.1, 0.15) is 22.9 Å². The van der Waals surface area contributed by atoms with Crippen LogP contribution in [-0.4, -0.2) is 12.2 Å². The fraction of sp³-hybridized carbons (Fsp3) is 0.125. The van der Waals surface area contributed by atoms with Gasteiger partial charge in [-0.3, -0.25) is 0 Å². The Morgan fingerprint density at radius 2 is 1.50 bits per heavy atom. The molecule has 2 aromatic rings. The minimum Gasteiger partial charge on any atom is -0.211 e. The monoisotopic (exact) mass is 264 g/mol. The van der Waals surface area contributed by atoms with Crippen molar-refractivity contribution >= 4 is 12.2 Å². The lowest BCUT2D eigenvalue weighted by atomic mass is 10.0. The van der Waals surface area contributed by atoms with Gasteiger partial charge in [0.1, 0.15) is 0 Å². The lowest BCUT2D eigenvalue weighted by molar-refractivity contribution is 0.552. The molecule has 0 aliphatic rings. The molecular formula is C16H12N2O2. The van der Waals surface area contributed by atoms with E-state index in [1.54, 1.807) is 6.07 Å². The molecule has 0 radical (unpaired) electrons. The SMILES string of the molecule is O=C=NC(N=C=O)c1cccc(Cc2ccccc2)c1. The molecule has 0 atom stereocenters. The summed E-state index contributed by atoms with van der Waals surface area (Å²) in [5.41, 5.74) is 2.91. The van der Waals surface area contributed by atoms with E-state index in [2.05, 4.69) is 9.98 Å². The predicted molar refractivity (Wildman–Crippen MR) is 74.7 cm³/mol. The first-order chi connectivity index (χ1) is 9.83. The average Bonchev–Trinajstić information content (AvgIpc) is 2.48. The molecule has 0 amide bonds. The maximum Gasteiger partial charge on any atom is 0.237 e. The van der Waals surface area contributed by atoms with Crippen molar-refractivity contribution in [2.75, 3.05) is 0 Å². The summed E-state index contributed by atoms with van der Waals surface area (Å²) in [5, 5.41) is 0. The molecule has 2 aromatic carbocycles. The van der Waals surface area contributed by atoms with Crippen molar-refractivity contribution in [3.8, 4) is 0 Å². The number of rotatable bonds is 5. The quantitative estimate of drug-likeness (QED) is 0.615. The highest BCUT2D eigenvalue weighted by Crippen LogP contribution is 2.20. The molecule has 0 unspecified atom stereocenters. The summed E-state index contributed by atoms with van der Waals surface area (Å²) in [6, 6.07) is 17.5. The van der Waals surface area contributed by atoms with Crippen LogP contribution in [0.25, 0.3) is 0 Å². The van der Waals surface area contributed by atoms with E-state index in [9.17, 15) is 9.59 Å². The Bertz CT molecular complexity index is 652. The van der Waals surface area contributed by atoms with E-state index in [-0.39, 0.29) is 0 Å². The third kappa shape index (κ3) is 3.59. The zero-order valence-electron chi connectivity index (χ0n) is 10.7. The van der Waals surface area contributed by atoms with Gasteiger partial charge in [0.2, 0.25) is 12.2 Å². The second-order valence-electron chi connectivity index (χ2n) is 4.22. The smallest absolute Gasteiger partial charge is 0.211 e. The van der Waals surface area contributed by atoms with E-state index in [1.807, 2.05) is 48.5 Å². The van der Waals surface area contributed by atoms with Gasteiger partial charge in [0, 0.05) is 5.56 Å². The zero-order chi connectivity index (χ0) is 14.2. The molecule has 98 valence electrons. The standard InChI is InChI=1S/C16H12N2O2/c19-11-17-16(18-12-20)15-8-4-7-14(10-15)9-13-5-2-1-3-6-13/h1-8,10,16H,9H2. The van der Waals surface area contributed by atoms with Crippen molar-refractivity contribution in [2.24, 2.45) is 9.98 Å². The molecule has 0 bridgehead atoms. The van der Waals surface area contributed by atoms with Crippen LogP contribution in [0.4, 0.5) is 0 Å². The molecule has 0 aliphatic carbocycles. The van der Waals surface area contributed by atoms with E-state index < -0.39 is 6.17 Å². The third-order valence-corrected chi connectivity index (χ3v) is 2.85. The number of aliphatic imine (C=N–C) groups is 2. The topological polar surface area (TPSA) is 58.9 Å². The molecule has 0 saturated heterocycles. The van der Waals surface area contributed by atoms with Crippen molar-refractivity contribution in [3.05, 3.63) is 71.3 Å². The number of benzene rings is 2. The Morgan fingerprint density at radius 3 is 2.15 bits per heavy atom. The highest BCUT2D eigenvalue weighted by Gasteiger charge is 2.08. The van der Waals surface area contributed by atoms with Gasteiger partial charge in [0.15, 0.2) is 6.17 Å². The van der Waals surface area contributed by atoms with Gasteiger partial charge >= 0.3 is 0 Å². The first-order valence-electron chi connectivity index (χ1n) is 6.10. The van der Waals surface area contributed by atoms with E-state index in [0.29, 0.717) is 5.56 Å². The average molecular weight is 264 g/mol. The first kappa shape index (κ1) is 13.6. The van der Waals surface area contributed by atoms with Crippen molar-refractivity contribution in [1.29, 1.82) is 0 Å². The Morgan fingerprint density at radius 1 is 0.850 bits per heavy atom. The summed E-state index contributed by atoms with van der Waals surface area (Å²) in [6.07, 6.45) is 2.75. The minimum atomic E-state index is -0.860. The summed E-state index contributed by atoms with van der Waals surface area (Å²) >= 11 is 0. The molecule has 0 N–H and O–H groups in total. The number of hydrogen-bond acceptors (Lipinski definition) is 4. The summed E-state index contributed by atoms with van der Waals surface area (Å²) in [5.74, 6) is 0. The maximum atomic E-state index is 10.4. The fourth-order valence-electron chi connectivity index (χ4n) is 1.97. The molecule has 0 heterocycles. The van der Waals surface area contributed by atoms with Crippen LogP contribution in [0.5, 0.6) is 0 Å². The Balaban J connectivity index is 2.27. The third-order valence-electron chi connectivity index (χ3n) is 2.85. The summed E-state index contributed by atoms with van der Waals surface area (Å²) in [6.45, 7) is 0. The number of carbonyl (C=O) groups excluding carboxylic acids is 2. The second-order valence-corrected chi connectivity index (χ2v) is 4.22. The van der Waals surface area contributed by atoms with Gasteiger partial charge in [-0.1, -0.05) is 54.6 Å². The van der Waals surface area contributed by atoms with Crippen LogP contribution in [0.2, 0.25) is 0 Å². The Kier molecular flexibility index (Phi) is 4.74. The minimum absolute atomic E-state index is 0.671. The Labute approximate surface area is 116 Å². The van der Waals surface area contributed by atoms with Gasteiger partial charge in [-0.2, -0.15) is 9.98 Å². The van der Waals surface area contributed by atoms with Gasteiger partial charge in [-0.15, -0.1) is 0 Å². The van der Waals surface area contributed by atoms with Crippen LogP contribution >= 0.6 is 0 Å². The molecular weight excluding hydrogens is 252 g/mol. The molecule has 0 spiro atoms. The van der Waals surface area contributed by atoms with Gasteiger partial charge in [0.25, 0.3) is 0 Å². The van der Waals surface area contributed by atoms with E-state index in [1.165, 1.54) is 17.7 Å². The van der Waals surface area contributed by atoms with E-state index in [4.69, 9.17) is 0 Å². The van der Waals surface area contributed by atoms with Gasteiger partial charge in [-0.25, -0.2) is 9.59 Å². The van der Waals surface area contributed by atoms with Crippen molar-refractivity contribution < 1.29 is 9.59 Å². The van der Waals surface area contributed by atoms with Crippen LogP contribution in [0.3, 0.4) is 0 Å². The normalized spacial score (nSPS) is 11.0. The van der Waals surface area contributed by atoms with Crippen LogP contribution < -0.4 is 0 Å². The molecule has 0 saturated carbocycles.